The van der Waals surface area contributed by atoms with E-state index in [1.165, 1.54) is 24.3 Å². The molecule has 0 bridgehead atoms. The number of hydrogen-bond donors (Lipinski definition) is 1. The van der Waals surface area contributed by atoms with Gasteiger partial charge in [-0.1, -0.05) is 13.0 Å². The van der Waals surface area contributed by atoms with E-state index in [9.17, 15) is 18.8 Å². The number of halogens is 1. The minimum absolute atomic E-state index is 0.0209. The van der Waals surface area contributed by atoms with Gasteiger partial charge >= 0.3 is 0 Å². The lowest BCUT2D eigenvalue weighted by Crippen LogP contribution is -2.36. The molecule has 0 aliphatic carbocycles. The molecule has 0 aromatic heterocycles. The molecule has 1 heterocycles. The van der Waals surface area contributed by atoms with Gasteiger partial charge in [-0.25, -0.2) is 4.39 Å². The summed E-state index contributed by atoms with van der Waals surface area (Å²) in [5.74, 6) is -0.401. The maximum Gasteiger partial charge on any atom is 0.294 e. The number of nitrogens with one attached hydrogen (secondary N) is 1. The first-order valence-corrected chi connectivity index (χ1v) is 11.4. The van der Waals surface area contributed by atoms with Crippen molar-refractivity contribution in [3.63, 3.8) is 0 Å². The molecule has 3 amide bonds. The maximum absolute atomic E-state index is 13.0. The van der Waals surface area contributed by atoms with E-state index in [2.05, 4.69) is 5.32 Å². The lowest BCUT2D eigenvalue weighted by molar-refractivity contribution is -0.127. The Morgan fingerprint density at radius 2 is 1.88 bits per heavy atom. The molecule has 9 heteroatoms. The molecule has 0 radical (unpaired) electrons. The summed E-state index contributed by atoms with van der Waals surface area (Å²) >= 11 is 0.761. The van der Waals surface area contributed by atoms with Gasteiger partial charge in [-0.3, -0.25) is 19.3 Å². The Morgan fingerprint density at radius 3 is 2.55 bits per heavy atom. The molecule has 3 rings (SSSR count). The van der Waals surface area contributed by atoms with Gasteiger partial charge in [0.25, 0.3) is 11.1 Å². The van der Waals surface area contributed by atoms with E-state index in [0.717, 1.165) is 23.1 Å². The number of hydrogen-bond acceptors (Lipinski definition) is 6. The third-order valence-corrected chi connectivity index (χ3v) is 5.68. The average Bonchev–Trinajstić information content (AvgIpc) is 3.04. The van der Waals surface area contributed by atoms with Gasteiger partial charge in [0.1, 0.15) is 12.4 Å². The number of nitrogens with zero attached hydrogens (tertiary/aromatic N) is 1. The smallest absolute Gasteiger partial charge is 0.294 e. The zero-order valence-corrected chi connectivity index (χ0v) is 19.4. The second kappa shape index (κ2) is 11.0. The fraction of sp³-hybridized carbons (Fsp3) is 0.292. The van der Waals surface area contributed by atoms with Crippen molar-refractivity contribution in [2.75, 3.05) is 18.5 Å². The van der Waals surface area contributed by atoms with Gasteiger partial charge < -0.3 is 14.8 Å². The minimum Gasteiger partial charge on any atom is -0.490 e. The first kappa shape index (κ1) is 24.3. The van der Waals surface area contributed by atoms with Crippen LogP contribution in [0.4, 0.5) is 14.9 Å². The van der Waals surface area contributed by atoms with E-state index in [0.29, 0.717) is 29.4 Å². The van der Waals surface area contributed by atoms with Crippen molar-refractivity contribution in [1.29, 1.82) is 0 Å². The number of carbonyl (C=O) groups is 3. The highest BCUT2D eigenvalue weighted by atomic mass is 32.2. The highest BCUT2D eigenvalue weighted by molar-refractivity contribution is 8.18. The van der Waals surface area contributed by atoms with Crippen molar-refractivity contribution >= 4 is 40.6 Å². The van der Waals surface area contributed by atoms with Crippen LogP contribution in [-0.2, 0) is 9.59 Å². The van der Waals surface area contributed by atoms with Crippen molar-refractivity contribution in [2.24, 2.45) is 0 Å². The van der Waals surface area contributed by atoms with Crippen LogP contribution in [0.2, 0.25) is 0 Å². The summed E-state index contributed by atoms with van der Waals surface area (Å²) in [7, 11) is 0. The second-order valence-corrected chi connectivity index (χ2v) is 8.29. The Bertz CT molecular complexity index is 1070. The van der Waals surface area contributed by atoms with Gasteiger partial charge in [-0.2, -0.15) is 0 Å². The van der Waals surface area contributed by atoms with Crippen LogP contribution in [-0.4, -0.2) is 41.2 Å². The van der Waals surface area contributed by atoms with Crippen molar-refractivity contribution in [3.8, 4) is 11.5 Å². The summed E-state index contributed by atoms with van der Waals surface area (Å²) in [5, 5.41) is 2.00. The molecule has 2 aromatic carbocycles. The highest BCUT2D eigenvalue weighted by Gasteiger charge is 2.36. The summed E-state index contributed by atoms with van der Waals surface area (Å²) in [6.45, 7) is 5.86. The van der Waals surface area contributed by atoms with Crippen molar-refractivity contribution in [1.82, 2.24) is 4.90 Å². The predicted octanol–water partition coefficient (Wildman–Crippen LogP) is 5.08. The Labute approximate surface area is 195 Å². The van der Waals surface area contributed by atoms with Gasteiger partial charge in [-0.05, 0) is 80.1 Å². The summed E-state index contributed by atoms with van der Waals surface area (Å²) < 4.78 is 24.6. The molecule has 7 nitrogen and oxygen atoms in total. The van der Waals surface area contributed by atoms with Gasteiger partial charge in [0.2, 0.25) is 5.91 Å². The largest absolute Gasteiger partial charge is 0.490 e. The number of carbonyl (C=O) groups excluding carboxylic acids is 3. The zero-order valence-electron chi connectivity index (χ0n) is 18.6. The van der Waals surface area contributed by atoms with Crippen LogP contribution in [0.5, 0.6) is 11.5 Å². The normalized spacial score (nSPS) is 15.6. The quantitative estimate of drug-likeness (QED) is 0.513. The standard InChI is InChI=1S/C24H25FN2O5S/c1-4-15(3)32-19-11-6-16(12-20(19)31-5-2)13-21-23(29)27(24(30)33-21)14-22(28)26-18-9-7-17(25)8-10-18/h6-13,15H,4-5,14H2,1-3H3,(H,26,28)/b21-13-. The predicted molar refractivity (Wildman–Crippen MR) is 126 cm³/mol. The summed E-state index contributed by atoms with van der Waals surface area (Å²) in [5.41, 5.74) is 1.03. The van der Waals surface area contributed by atoms with Gasteiger partial charge in [0, 0.05) is 5.69 Å². The molecule has 1 atom stereocenters. The van der Waals surface area contributed by atoms with Crippen LogP contribution in [0, 0.1) is 5.82 Å². The van der Waals surface area contributed by atoms with Crippen molar-refractivity contribution in [2.45, 2.75) is 33.3 Å². The Morgan fingerprint density at radius 1 is 1.15 bits per heavy atom. The molecule has 1 unspecified atom stereocenters. The van der Waals surface area contributed by atoms with E-state index in [1.54, 1.807) is 24.3 Å². The van der Waals surface area contributed by atoms with Crippen LogP contribution in [0.25, 0.3) is 6.08 Å². The molecular formula is C24H25FN2O5S. The summed E-state index contributed by atoms with van der Waals surface area (Å²) in [6.07, 6.45) is 2.45. The van der Waals surface area contributed by atoms with Gasteiger partial charge in [0.15, 0.2) is 11.5 Å². The molecule has 1 N–H and O–H groups in total. The fourth-order valence-corrected chi connectivity index (χ4v) is 3.78. The Balaban J connectivity index is 1.72. The van der Waals surface area contributed by atoms with Gasteiger partial charge in [-0.15, -0.1) is 0 Å². The lowest BCUT2D eigenvalue weighted by atomic mass is 10.1. The fourth-order valence-electron chi connectivity index (χ4n) is 2.95. The molecule has 1 aliphatic rings. The number of anilines is 1. The monoisotopic (exact) mass is 472 g/mol. The summed E-state index contributed by atoms with van der Waals surface area (Å²) in [4.78, 5) is 38.4. The van der Waals surface area contributed by atoms with E-state index in [-0.39, 0.29) is 11.0 Å². The zero-order chi connectivity index (χ0) is 24.0. The molecule has 1 aliphatic heterocycles. The van der Waals surface area contributed by atoms with E-state index in [1.807, 2.05) is 20.8 Å². The number of ether oxygens (including phenoxy) is 2. The molecule has 33 heavy (non-hydrogen) atoms. The van der Waals surface area contributed by atoms with Crippen molar-refractivity contribution < 1.29 is 28.2 Å². The van der Waals surface area contributed by atoms with Crippen LogP contribution < -0.4 is 14.8 Å². The molecule has 174 valence electrons. The lowest BCUT2D eigenvalue weighted by Gasteiger charge is -2.16. The molecule has 1 saturated heterocycles. The number of amides is 3. The van der Waals surface area contributed by atoms with Crippen LogP contribution in [0.3, 0.4) is 0 Å². The molecular weight excluding hydrogens is 447 g/mol. The van der Waals surface area contributed by atoms with Crippen LogP contribution >= 0.6 is 11.8 Å². The topological polar surface area (TPSA) is 84.9 Å². The van der Waals surface area contributed by atoms with Crippen LogP contribution in [0.15, 0.2) is 47.4 Å². The SMILES string of the molecule is CCOc1cc(/C=C2\SC(=O)N(CC(=O)Nc3ccc(F)cc3)C2=O)ccc1OC(C)CC. The molecule has 0 saturated carbocycles. The second-order valence-electron chi connectivity index (χ2n) is 7.30. The number of benzene rings is 2. The molecule has 2 aromatic rings. The number of imide groups is 1. The Hall–Kier alpha value is -3.33. The van der Waals surface area contributed by atoms with E-state index in [4.69, 9.17) is 9.47 Å². The Kier molecular flexibility index (Phi) is 8.11. The van der Waals surface area contributed by atoms with E-state index >= 15 is 0 Å². The van der Waals surface area contributed by atoms with Crippen molar-refractivity contribution in [3.05, 3.63) is 58.8 Å². The minimum atomic E-state index is -0.560. The maximum atomic E-state index is 13.0. The first-order chi connectivity index (χ1) is 15.8. The summed E-state index contributed by atoms with van der Waals surface area (Å²) in [6, 6.07) is 10.5. The third kappa shape index (κ3) is 6.35. The number of thioether (sulfide) groups is 1. The first-order valence-electron chi connectivity index (χ1n) is 10.5. The van der Waals surface area contributed by atoms with Crippen LogP contribution in [0.1, 0.15) is 32.8 Å². The highest BCUT2D eigenvalue weighted by Crippen LogP contribution is 2.35. The van der Waals surface area contributed by atoms with E-state index < -0.39 is 29.4 Å². The molecule has 0 spiro atoms. The third-order valence-electron chi connectivity index (χ3n) is 4.77. The number of rotatable bonds is 9. The van der Waals surface area contributed by atoms with Gasteiger partial charge in [0.05, 0.1) is 17.6 Å². The average molecular weight is 473 g/mol. The molecule has 1 fully saturated rings.